The van der Waals surface area contributed by atoms with Crippen molar-refractivity contribution in [1.82, 2.24) is 19.6 Å². The zero-order valence-corrected chi connectivity index (χ0v) is 22.4. The van der Waals surface area contributed by atoms with Gasteiger partial charge in [0.25, 0.3) is 5.91 Å². The first kappa shape index (κ1) is 24.8. The normalized spacial score (nSPS) is 24.7. The lowest BCUT2D eigenvalue weighted by Gasteiger charge is -2.42. The van der Waals surface area contributed by atoms with E-state index in [-0.39, 0.29) is 29.9 Å². The third-order valence-corrected chi connectivity index (χ3v) is 8.84. The summed E-state index contributed by atoms with van der Waals surface area (Å²) in [5.74, 6) is 0.288. The highest BCUT2D eigenvalue weighted by Crippen LogP contribution is 2.43. The molecule has 0 aromatic carbocycles. The van der Waals surface area contributed by atoms with Crippen molar-refractivity contribution in [1.29, 1.82) is 0 Å². The number of piperidine rings is 1. The minimum atomic E-state index is -0.517. The number of urea groups is 1. The Labute approximate surface area is 216 Å². The summed E-state index contributed by atoms with van der Waals surface area (Å²) >= 11 is 7.70. The molecule has 2 amide bonds. The fraction of sp³-hybridized carbons (Fsp3) is 0.654. The second-order valence-corrected chi connectivity index (χ2v) is 12.9. The zero-order valence-electron chi connectivity index (χ0n) is 20.8. The molecule has 2 unspecified atom stereocenters. The predicted molar refractivity (Wildman–Crippen MR) is 137 cm³/mol. The number of carbonyl (C=O) groups is 2. The average Bonchev–Trinajstić information content (AvgIpc) is 3.52. The van der Waals surface area contributed by atoms with Crippen LogP contribution in [0.4, 0.5) is 4.79 Å². The smallest absolute Gasteiger partial charge is 0.320 e. The molecule has 3 aliphatic rings. The van der Waals surface area contributed by atoms with Crippen LogP contribution >= 0.6 is 22.9 Å². The number of rotatable bonds is 4. The molecule has 9 heteroatoms. The van der Waals surface area contributed by atoms with E-state index in [1.54, 1.807) is 16.0 Å². The molecule has 3 saturated heterocycles. The molecule has 3 aliphatic heterocycles. The van der Waals surface area contributed by atoms with Gasteiger partial charge in [0.15, 0.2) is 0 Å². The molecule has 0 N–H and O–H groups in total. The molecule has 2 aromatic heterocycles. The van der Waals surface area contributed by atoms with Crippen LogP contribution in [-0.4, -0.2) is 69.9 Å². The van der Waals surface area contributed by atoms with E-state index in [1.165, 1.54) is 4.88 Å². The summed E-state index contributed by atoms with van der Waals surface area (Å²) in [6, 6.07) is 6.78. The van der Waals surface area contributed by atoms with Gasteiger partial charge in [-0.3, -0.25) is 4.79 Å². The number of aryl methyl sites for hydroxylation is 2. The van der Waals surface area contributed by atoms with Crippen LogP contribution in [0.5, 0.6) is 0 Å². The number of aromatic nitrogens is 2. The van der Waals surface area contributed by atoms with Crippen LogP contribution < -0.4 is 0 Å². The number of amides is 2. The number of halogens is 1. The summed E-state index contributed by atoms with van der Waals surface area (Å²) in [6.45, 7) is 8.42. The second-order valence-electron chi connectivity index (χ2n) is 11.1. The van der Waals surface area contributed by atoms with Gasteiger partial charge in [0, 0.05) is 47.1 Å². The van der Waals surface area contributed by atoms with Crippen molar-refractivity contribution < 1.29 is 14.3 Å². The highest BCUT2D eigenvalue weighted by molar-refractivity contribution is 7.16. The van der Waals surface area contributed by atoms with Crippen molar-refractivity contribution in [3.63, 3.8) is 0 Å². The number of morpholine rings is 1. The van der Waals surface area contributed by atoms with E-state index in [9.17, 15) is 9.59 Å². The first-order valence-corrected chi connectivity index (χ1v) is 13.9. The molecule has 35 heavy (non-hydrogen) atoms. The predicted octanol–water partition coefficient (Wildman–Crippen LogP) is 5.23. The number of hydrogen-bond donors (Lipinski definition) is 0. The molecule has 3 fully saturated rings. The van der Waals surface area contributed by atoms with Gasteiger partial charge >= 0.3 is 6.03 Å². The Hall–Kier alpha value is -1.90. The molecule has 2 aromatic rings. The van der Waals surface area contributed by atoms with Crippen molar-refractivity contribution in [3.8, 4) is 0 Å². The third-order valence-electron chi connectivity index (χ3n) is 7.55. The monoisotopic (exact) mass is 518 g/mol. The molecule has 2 bridgehead atoms. The average molecular weight is 519 g/mol. The molecule has 0 radical (unpaired) electrons. The summed E-state index contributed by atoms with van der Waals surface area (Å²) in [6.07, 6.45) is 5.49. The van der Waals surface area contributed by atoms with Crippen LogP contribution in [0.3, 0.4) is 0 Å². The van der Waals surface area contributed by atoms with Gasteiger partial charge in [-0.2, -0.15) is 5.10 Å². The molecule has 0 saturated carbocycles. The molecule has 5 heterocycles. The molecule has 7 nitrogen and oxygen atoms in total. The van der Waals surface area contributed by atoms with Crippen molar-refractivity contribution in [3.05, 3.63) is 38.8 Å². The Kier molecular flexibility index (Phi) is 6.98. The van der Waals surface area contributed by atoms with Gasteiger partial charge in [0.05, 0.1) is 23.2 Å². The standard InChI is InChI=1S/C26H35ClN4O3S/c1-26(2,3)24(32)31-20(6-7-21-8-9-23(27)35-21)16-22(28-31)17-14-18-4-5-19(15-17)30(18)25(33)29-10-12-34-13-11-29/h8-9,16-19H,4-7,10-15H2,1-3H3. The zero-order chi connectivity index (χ0) is 24.7. The van der Waals surface area contributed by atoms with Gasteiger partial charge in [0.2, 0.25) is 0 Å². The minimum Gasteiger partial charge on any atom is -0.378 e. The summed E-state index contributed by atoms with van der Waals surface area (Å²) in [5, 5.41) is 4.89. The molecular weight excluding hydrogens is 484 g/mol. The van der Waals surface area contributed by atoms with E-state index < -0.39 is 5.41 Å². The van der Waals surface area contributed by atoms with Crippen LogP contribution in [-0.2, 0) is 17.6 Å². The van der Waals surface area contributed by atoms with Crippen LogP contribution in [0.2, 0.25) is 4.34 Å². The topological polar surface area (TPSA) is 67.7 Å². The summed E-state index contributed by atoms with van der Waals surface area (Å²) in [4.78, 5) is 31.8. The largest absolute Gasteiger partial charge is 0.378 e. The number of ether oxygens (including phenoxy) is 1. The van der Waals surface area contributed by atoms with Crippen LogP contribution in [0.1, 0.15) is 73.4 Å². The summed E-state index contributed by atoms with van der Waals surface area (Å²) in [7, 11) is 0. The van der Waals surface area contributed by atoms with Gasteiger partial charge in [-0.15, -0.1) is 11.3 Å². The lowest BCUT2D eigenvalue weighted by molar-refractivity contribution is 0.0330. The molecule has 0 spiro atoms. The maximum Gasteiger partial charge on any atom is 0.320 e. The van der Waals surface area contributed by atoms with Crippen molar-refractivity contribution in [2.24, 2.45) is 5.41 Å². The van der Waals surface area contributed by atoms with Crippen molar-refractivity contribution >= 4 is 34.9 Å². The van der Waals surface area contributed by atoms with E-state index in [4.69, 9.17) is 21.4 Å². The van der Waals surface area contributed by atoms with Gasteiger partial charge < -0.3 is 14.5 Å². The Morgan fingerprint density at radius 3 is 2.40 bits per heavy atom. The Morgan fingerprint density at radius 2 is 1.80 bits per heavy atom. The first-order chi connectivity index (χ1) is 16.7. The fourth-order valence-corrected chi connectivity index (χ4v) is 6.78. The highest BCUT2D eigenvalue weighted by atomic mass is 35.5. The van der Waals surface area contributed by atoms with E-state index in [1.807, 2.05) is 31.7 Å². The molecule has 5 rings (SSSR count). The summed E-state index contributed by atoms with van der Waals surface area (Å²) < 4.78 is 7.87. The number of carbonyl (C=O) groups excluding carboxylic acids is 2. The molecule has 0 aliphatic carbocycles. The van der Waals surface area contributed by atoms with E-state index in [2.05, 4.69) is 17.0 Å². The van der Waals surface area contributed by atoms with E-state index in [0.29, 0.717) is 26.3 Å². The summed E-state index contributed by atoms with van der Waals surface area (Å²) in [5.41, 5.74) is 1.44. The Bertz CT molecular complexity index is 1070. The minimum absolute atomic E-state index is 0.0193. The van der Waals surface area contributed by atoms with Crippen molar-refractivity contribution in [2.45, 2.75) is 77.3 Å². The number of nitrogens with zero attached hydrogens (tertiary/aromatic N) is 4. The molecular formula is C26H35ClN4O3S. The number of thiophene rings is 1. The van der Waals surface area contributed by atoms with Crippen molar-refractivity contribution in [2.75, 3.05) is 26.3 Å². The maximum absolute atomic E-state index is 13.3. The first-order valence-electron chi connectivity index (χ1n) is 12.7. The number of hydrogen-bond acceptors (Lipinski definition) is 5. The van der Waals surface area contributed by atoms with Crippen LogP contribution in [0, 0.1) is 5.41 Å². The third kappa shape index (κ3) is 5.16. The van der Waals surface area contributed by atoms with E-state index in [0.717, 1.165) is 54.2 Å². The lowest BCUT2D eigenvalue weighted by atomic mass is 9.88. The van der Waals surface area contributed by atoms with Gasteiger partial charge in [-0.25, -0.2) is 9.48 Å². The number of fused-ring (bicyclic) bond motifs is 2. The van der Waals surface area contributed by atoms with Gasteiger partial charge in [-0.1, -0.05) is 32.4 Å². The second kappa shape index (κ2) is 9.87. The highest BCUT2D eigenvalue weighted by Gasteiger charge is 2.45. The Balaban J connectivity index is 1.34. The van der Waals surface area contributed by atoms with Gasteiger partial charge in [-0.05, 0) is 56.7 Å². The lowest BCUT2D eigenvalue weighted by Crippen LogP contribution is -2.54. The SMILES string of the molecule is CC(C)(C)C(=O)n1nc(C2CC3CCC(C2)N3C(=O)N2CCOCC2)cc1CCc1ccc(Cl)s1. The van der Waals surface area contributed by atoms with Gasteiger partial charge in [0.1, 0.15) is 0 Å². The van der Waals surface area contributed by atoms with Crippen LogP contribution in [0.25, 0.3) is 0 Å². The quantitative estimate of drug-likeness (QED) is 0.555. The maximum atomic E-state index is 13.3. The molecule has 2 atom stereocenters. The van der Waals surface area contributed by atoms with E-state index >= 15 is 0 Å². The Morgan fingerprint density at radius 1 is 1.11 bits per heavy atom. The molecule has 190 valence electrons. The fourth-order valence-electron chi connectivity index (χ4n) is 5.70. The van der Waals surface area contributed by atoms with Crippen LogP contribution in [0.15, 0.2) is 18.2 Å².